The Morgan fingerprint density at radius 1 is 1.50 bits per heavy atom. The number of amides is 1. The molecule has 3 nitrogen and oxygen atoms in total. The second-order valence-electron chi connectivity index (χ2n) is 5.33. The summed E-state index contributed by atoms with van der Waals surface area (Å²) in [4.78, 5) is 13.4. The predicted octanol–water partition coefficient (Wildman–Crippen LogP) is 1.41. The molecule has 14 heavy (non-hydrogen) atoms. The van der Waals surface area contributed by atoms with Crippen LogP contribution in [0.3, 0.4) is 0 Å². The highest BCUT2D eigenvalue weighted by Gasteiger charge is 2.47. The lowest BCUT2D eigenvalue weighted by Crippen LogP contribution is -2.54. The monoisotopic (exact) mass is 199 g/mol. The van der Waals surface area contributed by atoms with Crippen LogP contribution >= 0.6 is 0 Å². The maximum absolute atomic E-state index is 11.6. The highest BCUT2D eigenvalue weighted by molar-refractivity contribution is 5.78. The Morgan fingerprint density at radius 3 is 2.50 bits per heavy atom. The third-order valence-corrected chi connectivity index (χ3v) is 3.69. The van der Waals surface area contributed by atoms with Gasteiger partial charge in [-0.2, -0.15) is 0 Å². The quantitative estimate of drug-likeness (QED) is 0.693. The fourth-order valence-electron chi connectivity index (χ4n) is 2.23. The van der Waals surface area contributed by atoms with Crippen LogP contribution in [-0.2, 0) is 4.79 Å². The number of carbonyl (C=O) groups is 1. The summed E-state index contributed by atoms with van der Waals surface area (Å²) in [5.74, 6) is -0.139. The molecule has 0 saturated carbocycles. The number of hydrogen-bond donors (Lipinski definition) is 1. The summed E-state index contributed by atoms with van der Waals surface area (Å²) in [6.45, 7) is 8.98. The molecular formula is C11H21NO2. The van der Waals surface area contributed by atoms with Crippen molar-refractivity contribution >= 4 is 5.91 Å². The summed E-state index contributed by atoms with van der Waals surface area (Å²) < 4.78 is 0. The zero-order valence-electron chi connectivity index (χ0n) is 9.63. The summed E-state index contributed by atoms with van der Waals surface area (Å²) in [6.07, 6.45) is 2.07. The largest absolute Gasteiger partial charge is 0.387 e. The first-order chi connectivity index (χ1) is 6.33. The van der Waals surface area contributed by atoms with Crippen molar-refractivity contribution in [3.8, 4) is 0 Å². The van der Waals surface area contributed by atoms with Crippen LogP contribution in [0.25, 0.3) is 0 Å². The van der Waals surface area contributed by atoms with Gasteiger partial charge in [0.25, 0.3) is 0 Å². The fourth-order valence-corrected chi connectivity index (χ4v) is 2.23. The molecule has 0 aromatic carbocycles. The molecule has 1 aliphatic rings. The SMILES string of the molecule is CC(C)(C)[C@]1(C)CCCN1C(=O)CO. The first-order valence-corrected chi connectivity index (χ1v) is 5.24. The lowest BCUT2D eigenvalue weighted by molar-refractivity contribution is -0.141. The van der Waals surface area contributed by atoms with E-state index in [4.69, 9.17) is 5.11 Å². The van der Waals surface area contributed by atoms with Crippen LogP contribution in [0.1, 0.15) is 40.5 Å². The van der Waals surface area contributed by atoms with Crippen LogP contribution in [0.4, 0.5) is 0 Å². The summed E-state index contributed by atoms with van der Waals surface area (Å²) >= 11 is 0. The normalized spacial score (nSPS) is 28.2. The minimum Gasteiger partial charge on any atom is -0.387 e. The van der Waals surface area contributed by atoms with E-state index in [0.29, 0.717) is 0 Å². The molecule has 0 bridgehead atoms. The second-order valence-corrected chi connectivity index (χ2v) is 5.33. The number of aliphatic hydroxyl groups is 1. The summed E-state index contributed by atoms with van der Waals surface area (Å²) in [6, 6.07) is 0. The lowest BCUT2D eigenvalue weighted by Gasteiger charge is -2.45. The molecular weight excluding hydrogens is 178 g/mol. The molecule has 1 rings (SSSR count). The van der Waals surface area contributed by atoms with Gasteiger partial charge in [-0.3, -0.25) is 4.79 Å². The van der Waals surface area contributed by atoms with E-state index in [1.807, 2.05) is 4.90 Å². The maximum Gasteiger partial charge on any atom is 0.248 e. The van der Waals surface area contributed by atoms with Gasteiger partial charge in [-0.05, 0) is 25.2 Å². The third kappa shape index (κ3) is 1.65. The number of likely N-dealkylation sites (tertiary alicyclic amines) is 1. The fraction of sp³-hybridized carbons (Fsp3) is 0.909. The highest BCUT2D eigenvalue weighted by atomic mass is 16.3. The van der Waals surface area contributed by atoms with Crippen molar-refractivity contribution in [2.75, 3.05) is 13.2 Å². The van der Waals surface area contributed by atoms with Crippen molar-refractivity contribution in [2.45, 2.75) is 46.1 Å². The van der Waals surface area contributed by atoms with Gasteiger partial charge in [-0.1, -0.05) is 20.8 Å². The molecule has 0 aliphatic carbocycles. The molecule has 1 aliphatic heterocycles. The number of nitrogens with zero attached hydrogens (tertiary/aromatic N) is 1. The van der Waals surface area contributed by atoms with Crippen molar-refractivity contribution in [1.82, 2.24) is 4.90 Å². The van der Waals surface area contributed by atoms with Crippen molar-refractivity contribution in [3.05, 3.63) is 0 Å². The Kier molecular flexibility index (Phi) is 2.91. The molecule has 0 spiro atoms. The van der Waals surface area contributed by atoms with Crippen molar-refractivity contribution < 1.29 is 9.90 Å². The molecule has 1 saturated heterocycles. The van der Waals surface area contributed by atoms with E-state index in [1.165, 1.54) is 0 Å². The minimum atomic E-state index is -0.369. The van der Waals surface area contributed by atoms with Crippen LogP contribution in [0.2, 0.25) is 0 Å². The zero-order chi connectivity index (χ0) is 11.0. The van der Waals surface area contributed by atoms with E-state index in [2.05, 4.69) is 27.7 Å². The van der Waals surface area contributed by atoms with E-state index >= 15 is 0 Å². The standard InChI is InChI=1S/C11H21NO2/c1-10(2,3)11(4)6-5-7-12(11)9(14)8-13/h13H,5-8H2,1-4H3/t11-/m0/s1. The van der Waals surface area contributed by atoms with E-state index in [-0.39, 0.29) is 23.5 Å². The molecule has 0 aromatic rings. The average molecular weight is 199 g/mol. The molecule has 0 unspecified atom stereocenters. The van der Waals surface area contributed by atoms with Gasteiger partial charge >= 0.3 is 0 Å². The molecule has 1 fully saturated rings. The smallest absolute Gasteiger partial charge is 0.248 e. The van der Waals surface area contributed by atoms with E-state index in [0.717, 1.165) is 19.4 Å². The molecule has 0 aromatic heterocycles. The Morgan fingerprint density at radius 2 is 2.07 bits per heavy atom. The number of carbonyl (C=O) groups excluding carboxylic acids is 1. The molecule has 1 N–H and O–H groups in total. The average Bonchev–Trinajstić information content (AvgIpc) is 2.46. The van der Waals surface area contributed by atoms with Crippen LogP contribution in [0.5, 0.6) is 0 Å². The van der Waals surface area contributed by atoms with Crippen LogP contribution in [0.15, 0.2) is 0 Å². The lowest BCUT2D eigenvalue weighted by atomic mass is 9.73. The van der Waals surface area contributed by atoms with Crippen LogP contribution in [-0.4, -0.2) is 34.6 Å². The molecule has 3 heteroatoms. The van der Waals surface area contributed by atoms with Gasteiger partial charge in [0, 0.05) is 12.1 Å². The second kappa shape index (κ2) is 3.54. The van der Waals surface area contributed by atoms with Gasteiger partial charge < -0.3 is 10.0 Å². The first kappa shape index (κ1) is 11.5. The molecule has 0 radical (unpaired) electrons. The molecule has 82 valence electrons. The van der Waals surface area contributed by atoms with Gasteiger partial charge in [0.05, 0.1) is 0 Å². The van der Waals surface area contributed by atoms with E-state index in [1.54, 1.807) is 0 Å². The van der Waals surface area contributed by atoms with Crippen LogP contribution in [0, 0.1) is 5.41 Å². The van der Waals surface area contributed by atoms with Crippen LogP contribution < -0.4 is 0 Å². The molecule has 1 amide bonds. The van der Waals surface area contributed by atoms with Crippen molar-refractivity contribution in [3.63, 3.8) is 0 Å². The molecule has 1 heterocycles. The van der Waals surface area contributed by atoms with Gasteiger partial charge in [-0.25, -0.2) is 0 Å². The van der Waals surface area contributed by atoms with Gasteiger partial charge in [0.1, 0.15) is 6.61 Å². The number of aliphatic hydroxyl groups excluding tert-OH is 1. The van der Waals surface area contributed by atoms with E-state index < -0.39 is 0 Å². The molecule has 1 atom stereocenters. The summed E-state index contributed by atoms with van der Waals surface area (Å²) in [7, 11) is 0. The Labute approximate surface area is 86.1 Å². The minimum absolute atomic E-state index is 0.0638. The Hall–Kier alpha value is -0.570. The predicted molar refractivity (Wildman–Crippen MR) is 55.9 cm³/mol. The topological polar surface area (TPSA) is 40.5 Å². The highest BCUT2D eigenvalue weighted by Crippen LogP contribution is 2.43. The Bertz CT molecular complexity index is 232. The number of rotatable bonds is 1. The summed E-state index contributed by atoms with van der Waals surface area (Å²) in [5.41, 5.74) is -0.0405. The maximum atomic E-state index is 11.6. The van der Waals surface area contributed by atoms with Gasteiger partial charge in [0.2, 0.25) is 5.91 Å². The first-order valence-electron chi connectivity index (χ1n) is 5.24. The zero-order valence-corrected chi connectivity index (χ0v) is 9.63. The number of hydrogen-bond acceptors (Lipinski definition) is 2. The van der Waals surface area contributed by atoms with E-state index in [9.17, 15) is 4.79 Å². The Balaban J connectivity index is 2.92. The van der Waals surface area contributed by atoms with Crippen molar-refractivity contribution in [1.29, 1.82) is 0 Å². The van der Waals surface area contributed by atoms with Crippen molar-refractivity contribution in [2.24, 2.45) is 5.41 Å². The third-order valence-electron chi connectivity index (χ3n) is 3.69. The summed E-state index contributed by atoms with van der Waals surface area (Å²) in [5, 5.41) is 8.90. The van der Waals surface area contributed by atoms with Gasteiger partial charge in [0.15, 0.2) is 0 Å². The van der Waals surface area contributed by atoms with Gasteiger partial charge in [-0.15, -0.1) is 0 Å².